The largest absolute Gasteiger partial charge is 0.351 e. The van der Waals surface area contributed by atoms with Gasteiger partial charge >= 0.3 is 0 Å². The highest BCUT2D eigenvalue weighted by molar-refractivity contribution is 5.72. The second kappa shape index (κ2) is 5.92. The van der Waals surface area contributed by atoms with E-state index in [1.54, 1.807) is 0 Å². The highest BCUT2D eigenvalue weighted by Crippen LogP contribution is 2.37. The lowest BCUT2D eigenvalue weighted by atomic mass is 10.1. The van der Waals surface area contributed by atoms with E-state index in [0.717, 1.165) is 11.6 Å². The number of aromatic nitrogens is 1. The molecular weight excluding hydrogens is 250 g/mol. The zero-order valence-electron chi connectivity index (χ0n) is 12.1. The number of rotatable bonds is 5. The number of likely N-dealkylation sites (tertiary alicyclic amines) is 1. The summed E-state index contributed by atoms with van der Waals surface area (Å²) in [6, 6.07) is 6.66. The number of hydrogen-bond donors (Lipinski definition) is 1. The van der Waals surface area contributed by atoms with E-state index in [-0.39, 0.29) is 5.91 Å². The maximum atomic E-state index is 11.0. The average molecular weight is 273 g/mol. The number of amides is 1. The number of nitrogens with zero attached hydrogens (tertiary/aromatic N) is 2. The Labute approximate surface area is 120 Å². The van der Waals surface area contributed by atoms with Gasteiger partial charge in [-0.2, -0.15) is 0 Å². The second-order valence-corrected chi connectivity index (χ2v) is 6.06. The van der Waals surface area contributed by atoms with E-state index in [9.17, 15) is 4.79 Å². The van der Waals surface area contributed by atoms with Crippen molar-refractivity contribution >= 4 is 5.91 Å². The van der Waals surface area contributed by atoms with E-state index in [1.165, 1.54) is 51.4 Å². The van der Waals surface area contributed by atoms with Crippen molar-refractivity contribution in [3.05, 3.63) is 29.6 Å². The van der Waals surface area contributed by atoms with Crippen LogP contribution in [0.3, 0.4) is 0 Å². The van der Waals surface area contributed by atoms with Gasteiger partial charge < -0.3 is 5.32 Å². The molecule has 4 heteroatoms. The first-order chi connectivity index (χ1) is 9.72. The molecule has 1 saturated heterocycles. The summed E-state index contributed by atoms with van der Waals surface area (Å²) >= 11 is 0. The lowest BCUT2D eigenvalue weighted by Crippen LogP contribution is -2.26. The highest BCUT2D eigenvalue weighted by atomic mass is 16.1. The molecule has 1 aliphatic carbocycles. The smallest absolute Gasteiger partial charge is 0.217 e. The minimum absolute atomic E-state index is 0.00608. The first kappa shape index (κ1) is 13.6. The molecule has 1 amide bonds. The van der Waals surface area contributed by atoms with Crippen LogP contribution in [-0.2, 0) is 11.3 Å². The van der Waals surface area contributed by atoms with Crippen molar-refractivity contribution in [2.24, 2.45) is 5.92 Å². The Kier molecular flexibility index (Phi) is 4.01. The molecule has 1 N–H and O–H groups in total. The predicted molar refractivity (Wildman–Crippen MR) is 78.0 cm³/mol. The third kappa shape index (κ3) is 3.37. The first-order valence-electron chi connectivity index (χ1n) is 7.66. The number of hydrogen-bond acceptors (Lipinski definition) is 3. The summed E-state index contributed by atoms with van der Waals surface area (Å²) in [6.07, 6.45) is 5.29. The summed E-state index contributed by atoms with van der Waals surface area (Å²) < 4.78 is 0. The van der Waals surface area contributed by atoms with Crippen LogP contribution in [0.25, 0.3) is 0 Å². The zero-order valence-corrected chi connectivity index (χ0v) is 12.1. The third-order valence-corrected chi connectivity index (χ3v) is 4.24. The Balaban J connectivity index is 1.68. The molecule has 0 aromatic carbocycles. The Morgan fingerprint density at radius 2 is 2.25 bits per heavy atom. The van der Waals surface area contributed by atoms with E-state index >= 15 is 0 Å². The van der Waals surface area contributed by atoms with Crippen molar-refractivity contribution in [3.63, 3.8) is 0 Å². The van der Waals surface area contributed by atoms with Gasteiger partial charge in [0.25, 0.3) is 0 Å². The molecule has 2 aliphatic rings. The quantitative estimate of drug-likeness (QED) is 0.895. The van der Waals surface area contributed by atoms with Gasteiger partial charge in [-0.1, -0.05) is 6.07 Å². The standard InChI is InChI=1S/C16H23N3O/c1-12(20)17-10-14-4-2-5-15(18-14)16-6-3-9-19(16)11-13-7-8-13/h2,4-5,13,16H,3,6-11H2,1H3,(H,17,20)/t16-/m0/s1. The molecule has 0 radical (unpaired) electrons. The number of carbonyl (C=O) groups is 1. The Hall–Kier alpha value is -1.42. The molecule has 2 heterocycles. The maximum Gasteiger partial charge on any atom is 0.217 e. The van der Waals surface area contributed by atoms with E-state index in [2.05, 4.69) is 22.3 Å². The molecule has 0 unspecified atom stereocenters. The molecule has 1 saturated carbocycles. The van der Waals surface area contributed by atoms with Crippen LogP contribution in [0.4, 0.5) is 0 Å². The second-order valence-electron chi connectivity index (χ2n) is 6.06. The average Bonchev–Trinajstić information content (AvgIpc) is 3.13. The lowest BCUT2D eigenvalue weighted by molar-refractivity contribution is -0.119. The Morgan fingerprint density at radius 1 is 1.40 bits per heavy atom. The molecule has 0 spiro atoms. The van der Waals surface area contributed by atoms with Crippen LogP contribution in [0.5, 0.6) is 0 Å². The fourth-order valence-corrected chi connectivity index (χ4v) is 3.01. The Bertz CT molecular complexity index is 484. The summed E-state index contributed by atoms with van der Waals surface area (Å²) in [5, 5.41) is 2.82. The van der Waals surface area contributed by atoms with E-state index < -0.39 is 0 Å². The molecule has 108 valence electrons. The van der Waals surface area contributed by atoms with Crippen LogP contribution in [-0.4, -0.2) is 28.9 Å². The molecule has 1 aromatic heterocycles. The van der Waals surface area contributed by atoms with Gasteiger partial charge in [-0.3, -0.25) is 14.7 Å². The third-order valence-electron chi connectivity index (χ3n) is 4.24. The van der Waals surface area contributed by atoms with Gasteiger partial charge in [0.15, 0.2) is 0 Å². The van der Waals surface area contributed by atoms with Crippen molar-refractivity contribution in [1.82, 2.24) is 15.2 Å². The topological polar surface area (TPSA) is 45.2 Å². The molecule has 1 aromatic rings. The van der Waals surface area contributed by atoms with Crippen LogP contribution >= 0.6 is 0 Å². The minimum atomic E-state index is -0.00608. The van der Waals surface area contributed by atoms with Gasteiger partial charge in [0, 0.05) is 13.5 Å². The minimum Gasteiger partial charge on any atom is -0.351 e. The Morgan fingerprint density at radius 3 is 3.00 bits per heavy atom. The van der Waals surface area contributed by atoms with Crippen molar-refractivity contribution in [1.29, 1.82) is 0 Å². The van der Waals surface area contributed by atoms with Crippen molar-refractivity contribution in [3.8, 4) is 0 Å². The van der Waals surface area contributed by atoms with Crippen LogP contribution in [0.15, 0.2) is 18.2 Å². The van der Waals surface area contributed by atoms with Gasteiger partial charge in [-0.15, -0.1) is 0 Å². The van der Waals surface area contributed by atoms with Crippen LogP contribution in [0.1, 0.15) is 50.0 Å². The monoisotopic (exact) mass is 273 g/mol. The van der Waals surface area contributed by atoms with Gasteiger partial charge in [0.2, 0.25) is 5.91 Å². The van der Waals surface area contributed by atoms with Crippen LogP contribution in [0, 0.1) is 5.92 Å². The number of nitrogens with one attached hydrogen (secondary N) is 1. The zero-order chi connectivity index (χ0) is 13.9. The van der Waals surface area contributed by atoms with Crippen LogP contribution in [0.2, 0.25) is 0 Å². The lowest BCUT2D eigenvalue weighted by Gasteiger charge is -2.24. The molecule has 0 bridgehead atoms. The fourth-order valence-electron chi connectivity index (χ4n) is 3.01. The SMILES string of the molecule is CC(=O)NCc1cccc([C@@H]2CCCN2CC2CC2)n1. The molecule has 1 atom stereocenters. The summed E-state index contributed by atoms with van der Waals surface area (Å²) in [4.78, 5) is 18.3. The predicted octanol–water partition coefficient (Wildman–Crippen LogP) is 2.26. The summed E-state index contributed by atoms with van der Waals surface area (Å²) in [5.41, 5.74) is 2.13. The van der Waals surface area contributed by atoms with Gasteiger partial charge in [-0.05, 0) is 50.3 Å². The number of pyridine rings is 1. The molecule has 2 fully saturated rings. The van der Waals surface area contributed by atoms with Gasteiger partial charge in [0.05, 0.1) is 24.0 Å². The molecule has 3 rings (SSSR count). The van der Waals surface area contributed by atoms with E-state index in [4.69, 9.17) is 4.98 Å². The van der Waals surface area contributed by atoms with Crippen LogP contribution < -0.4 is 5.32 Å². The summed E-state index contributed by atoms with van der Waals surface area (Å²) in [6.45, 7) is 4.51. The molecule has 1 aliphatic heterocycles. The molecular formula is C16H23N3O. The summed E-state index contributed by atoms with van der Waals surface area (Å²) in [7, 11) is 0. The van der Waals surface area contributed by atoms with Crippen molar-refractivity contribution < 1.29 is 4.79 Å². The highest BCUT2D eigenvalue weighted by Gasteiger charge is 2.32. The van der Waals surface area contributed by atoms with Gasteiger partial charge in [-0.25, -0.2) is 0 Å². The fraction of sp³-hybridized carbons (Fsp3) is 0.625. The summed E-state index contributed by atoms with van der Waals surface area (Å²) in [5.74, 6) is 0.923. The maximum absolute atomic E-state index is 11.0. The molecule has 4 nitrogen and oxygen atoms in total. The van der Waals surface area contributed by atoms with E-state index in [1.807, 2.05) is 6.07 Å². The first-order valence-corrected chi connectivity index (χ1v) is 7.66. The number of carbonyl (C=O) groups excluding carboxylic acids is 1. The van der Waals surface area contributed by atoms with Crippen molar-refractivity contribution in [2.45, 2.75) is 45.2 Å². The normalized spacial score (nSPS) is 22.9. The van der Waals surface area contributed by atoms with Gasteiger partial charge in [0.1, 0.15) is 0 Å². The molecule has 20 heavy (non-hydrogen) atoms. The van der Waals surface area contributed by atoms with Crippen molar-refractivity contribution in [2.75, 3.05) is 13.1 Å². The van der Waals surface area contributed by atoms with E-state index in [0.29, 0.717) is 12.6 Å².